The molecule has 1 unspecified atom stereocenters. The lowest BCUT2D eigenvalue weighted by Gasteiger charge is -2.34. The number of hydrogen-bond acceptors (Lipinski definition) is 3. The molecular formula is C13H21N3O4. The first kappa shape index (κ1) is 14.6. The minimum Gasteiger partial charge on any atom is -0.480 e. The predicted molar refractivity (Wildman–Crippen MR) is 71.2 cm³/mol. The van der Waals surface area contributed by atoms with Gasteiger partial charge in [-0.3, -0.25) is 4.79 Å². The third-order valence-electron chi connectivity index (χ3n) is 4.20. The van der Waals surface area contributed by atoms with Crippen molar-refractivity contribution in [1.82, 2.24) is 15.5 Å². The van der Waals surface area contributed by atoms with Gasteiger partial charge in [0, 0.05) is 13.6 Å². The molecule has 1 atom stereocenters. The number of carbonyl (C=O) groups excluding carboxylic acids is 2. The van der Waals surface area contributed by atoms with E-state index in [9.17, 15) is 19.5 Å². The quantitative estimate of drug-likeness (QED) is 0.694. The summed E-state index contributed by atoms with van der Waals surface area (Å²) in [5, 5.41) is 14.5. The summed E-state index contributed by atoms with van der Waals surface area (Å²) in [4.78, 5) is 36.7. The number of nitrogens with one attached hydrogen (secondary N) is 2. The Balaban J connectivity index is 1.95. The summed E-state index contributed by atoms with van der Waals surface area (Å²) in [6.45, 7) is 0.605. The van der Waals surface area contributed by atoms with Crippen LogP contribution in [-0.4, -0.2) is 53.1 Å². The Labute approximate surface area is 117 Å². The van der Waals surface area contributed by atoms with Crippen LogP contribution in [0, 0.1) is 0 Å². The van der Waals surface area contributed by atoms with Crippen molar-refractivity contribution >= 4 is 17.9 Å². The van der Waals surface area contributed by atoms with Gasteiger partial charge in [0.25, 0.3) is 0 Å². The zero-order valence-corrected chi connectivity index (χ0v) is 11.6. The molecule has 0 aromatic heterocycles. The van der Waals surface area contributed by atoms with E-state index in [-0.39, 0.29) is 5.91 Å². The second-order valence-electron chi connectivity index (χ2n) is 5.65. The van der Waals surface area contributed by atoms with Crippen molar-refractivity contribution < 1.29 is 19.5 Å². The summed E-state index contributed by atoms with van der Waals surface area (Å²) in [7, 11) is 1.68. The van der Waals surface area contributed by atoms with Crippen LogP contribution < -0.4 is 10.6 Å². The SMILES string of the molecule is CN1CCC(NC(=O)NC2(C(=O)O)CCCCC2)C1=O. The molecule has 0 aromatic rings. The number of carboxylic acid groups (broad SMARTS) is 1. The van der Waals surface area contributed by atoms with Gasteiger partial charge in [-0.15, -0.1) is 0 Å². The van der Waals surface area contributed by atoms with Crippen LogP contribution in [0.15, 0.2) is 0 Å². The molecule has 3 N–H and O–H groups in total. The van der Waals surface area contributed by atoms with Crippen LogP contribution in [0.25, 0.3) is 0 Å². The molecule has 1 saturated heterocycles. The van der Waals surface area contributed by atoms with Gasteiger partial charge in [-0.05, 0) is 19.3 Å². The second-order valence-corrected chi connectivity index (χ2v) is 5.65. The number of urea groups is 1. The van der Waals surface area contributed by atoms with Gasteiger partial charge in [-0.2, -0.15) is 0 Å². The number of hydrogen-bond donors (Lipinski definition) is 3. The van der Waals surface area contributed by atoms with Crippen molar-refractivity contribution in [2.45, 2.75) is 50.1 Å². The van der Waals surface area contributed by atoms with E-state index >= 15 is 0 Å². The van der Waals surface area contributed by atoms with E-state index in [4.69, 9.17) is 0 Å². The van der Waals surface area contributed by atoms with E-state index in [0.717, 1.165) is 19.3 Å². The maximum absolute atomic E-state index is 12.0. The Morgan fingerprint density at radius 1 is 1.30 bits per heavy atom. The van der Waals surface area contributed by atoms with Gasteiger partial charge in [-0.1, -0.05) is 19.3 Å². The Kier molecular flexibility index (Phi) is 4.15. The molecule has 1 saturated carbocycles. The average Bonchev–Trinajstić information content (AvgIpc) is 2.71. The number of carboxylic acids is 1. The summed E-state index contributed by atoms with van der Waals surface area (Å²) in [5.74, 6) is -1.13. The molecule has 1 aliphatic heterocycles. The summed E-state index contributed by atoms with van der Waals surface area (Å²) >= 11 is 0. The first-order valence-electron chi connectivity index (χ1n) is 7.02. The highest BCUT2D eigenvalue weighted by atomic mass is 16.4. The third kappa shape index (κ3) is 2.86. The van der Waals surface area contributed by atoms with E-state index in [0.29, 0.717) is 25.8 Å². The van der Waals surface area contributed by atoms with Gasteiger partial charge in [0.1, 0.15) is 11.6 Å². The number of likely N-dealkylation sites (N-methyl/N-ethyl adjacent to an activating group) is 1. The fourth-order valence-electron chi connectivity index (χ4n) is 2.92. The molecule has 2 fully saturated rings. The van der Waals surface area contributed by atoms with E-state index in [1.54, 1.807) is 11.9 Å². The number of rotatable bonds is 3. The molecule has 2 rings (SSSR count). The van der Waals surface area contributed by atoms with E-state index < -0.39 is 23.6 Å². The smallest absolute Gasteiger partial charge is 0.329 e. The Morgan fingerprint density at radius 3 is 2.45 bits per heavy atom. The van der Waals surface area contributed by atoms with Crippen molar-refractivity contribution in [2.24, 2.45) is 0 Å². The van der Waals surface area contributed by atoms with Crippen molar-refractivity contribution in [3.05, 3.63) is 0 Å². The summed E-state index contributed by atoms with van der Waals surface area (Å²) in [6, 6.07) is -1.11. The van der Waals surface area contributed by atoms with Gasteiger partial charge in [0.2, 0.25) is 5.91 Å². The molecule has 20 heavy (non-hydrogen) atoms. The summed E-state index contributed by atoms with van der Waals surface area (Å²) in [6.07, 6.45) is 4.00. The monoisotopic (exact) mass is 283 g/mol. The molecule has 0 radical (unpaired) electrons. The van der Waals surface area contributed by atoms with Crippen LogP contribution in [-0.2, 0) is 9.59 Å². The first-order chi connectivity index (χ1) is 9.44. The van der Waals surface area contributed by atoms with Crippen molar-refractivity contribution in [3.63, 3.8) is 0 Å². The highest BCUT2D eigenvalue weighted by molar-refractivity contribution is 5.91. The van der Waals surface area contributed by atoms with Crippen molar-refractivity contribution in [2.75, 3.05) is 13.6 Å². The molecule has 1 heterocycles. The number of nitrogens with zero attached hydrogens (tertiary/aromatic N) is 1. The molecule has 112 valence electrons. The standard InChI is InChI=1S/C13H21N3O4/c1-16-8-5-9(10(16)17)14-12(20)15-13(11(18)19)6-3-2-4-7-13/h9H,2-8H2,1H3,(H,18,19)(H2,14,15,20). The van der Waals surface area contributed by atoms with E-state index in [1.165, 1.54) is 0 Å². The normalized spacial score (nSPS) is 25.4. The third-order valence-corrected chi connectivity index (χ3v) is 4.20. The molecule has 1 aliphatic carbocycles. The maximum Gasteiger partial charge on any atom is 0.329 e. The van der Waals surface area contributed by atoms with Crippen LogP contribution >= 0.6 is 0 Å². The topological polar surface area (TPSA) is 98.7 Å². The fourth-order valence-corrected chi connectivity index (χ4v) is 2.92. The fraction of sp³-hybridized carbons (Fsp3) is 0.769. The largest absolute Gasteiger partial charge is 0.480 e. The Bertz CT molecular complexity index is 418. The van der Waals surface area contributed by atoms with Gasteiger partial charge in [0.15, 0.2) is 0 Å². The van der Waals surface area contributed by atoms with E-state index in [2.05, 4.69) is 10.6 Å². The number of aliphatic carboxylic acids is 1. The van der Waals surface area contributed by atoms with Crippen molar-refractivity contribution in [3.8, 4) is 0 Å². The number of carbonyl (C=O) groups is 3. The van der Waals surface area contributed by atoms with Gasteiger partial charge in [-0.25, -0.2) is 9.59 Å². The maximum atomic E-state index is 12.0. The summed E-state index contributed by atoms with van der Waals surface area (Å²) in [5.41, 5.74) is -1.18. The molecule has 7 nitrogen and oxygen atoms in total. The van der Waals surface area contributed by atoms with Gasteiger partial charge >= 0.3 is 12.0 Å². The van der Waals surface area contributed by atoms with Crippen molar-refractivity contribution in [1.29, 1.82) is 0 Å². The second kappa shape index (κ2) is 5.68. The molecule has 2 aliphatic rings. The van der Waals surface area contributed by atoms with Crippen LogP contribution in [0.4, 0.5) is 4.79 Å². The molecule has 0 bridgehead atoms. The average molecular weight is 283 g/mol. The predicted octanol–water partition coefficient (Wildman–Crippen LogP) is 0.304. The number of amides is 3. The molecule has 0 aromatic carbocycles. The molecule has 3 amide bonds. The van der Waals surface area contributed by atoms with Crippen LogP contribution in [0.2, 0.25) is 0 Å². The zero-order valence-electron chi connectivity index (χ0n) is 11.6. The lowest BCUT2D eigenvalue weighted by molar-refractivity contribution is -0.145. The minimum atomic E-state index is -1.18. The van der Waals surface area contributed by atoms with Crippen LogP contribution in [0.1, 0.15) is 38.5 Å². The Hall–Kier alpha value is -1.79. The van der Waals surface area contributed by atoms with Gasteiger partial charge in [0.05, 0.1) is 0 Å². The molecular weight excluding hydrogens is 262 g/mol. The Morgan fingerprint density at radius 2 is 1.95 bits per heavy atom. The van der Waals surface area contributed by atoms with Gasteiger partial charge < -0.3 is 20.6 Å². The molecule has 0 spiro atoms. The lowest BCUT2D eigenvalue weighted by Crippen LogP contribution is -2.59. The highest BCUT2D eigenvalue weighted by Crippen LogP contribution is 2.28. The summed E-state index contributed by atoms with van der Waals surface area (Å²) < 4.78 is 0. The zero-order chi connectivity index (χ0) is 14.8. The molecule has 7 heteroatoms. The first-order valence-corrected chi connectivity index (χ1v) is 7.02. The highest BCUT2D eigenvalue weighted by Gasteiger charge is 2.41. The lowest BCUT2D eigenvalue weighted by atomic mass is 9.82. The number of likely N-dealkylation sites (tertiary alicyclic amines) is 1. The van der Waals surface area contributed by atoms with E-state index in [1.807, 2.05) is 0 Å². The van der Waals surface area contributed by atoms with Crippen LogP contribution in [0.3, 0.4) is 0 Å². The van der Waals surface area contributed by atoms with Crippen LogP contribution in [0.5, 0.6) is 0 Å². The minimum absolute atomic E-state index is 0.131.